The lowest BCUT2D eigenvalue weighted by atomic mass is 10.1. The molecule has 2 N–H and O–H groups in total. The van der Waals surface area contributed by atoms with Crippen molar-refractivity contribution in [1.29, 1.82) is 0 Å². The number of anilines is 1. The number of rotatable bonds is 5. The monoisotopic (exact) mass is 424 g/mol. The molecular weight excluding hydrogens is 400 g/mol. The van der Waals surface area contributed by atoms with E-state index in [0.29, 0.717) is 17.8 Å². The second-order valence-corrected chi connectivity index (χ2v) is 8.00. The molecule has 32 heavy (non-hydrogen) atoms. The molecule has 0 unspecified atom stereocenters. The summed E-state index contributed by atoms with van der Waals surface area (Å²) in [7, 11) is 1.66. The molecule has 0 bridgehead atoms. The average Bonchev–Trinajstić information content (AvgIpc) is 3.17. The second kappa shape index (κ2) is 7.89. The second-order valence-electron chi connectivity index (χ2n) is 8.00. The maximum atomic E-state index is 13.0. The molecule has 0 amide bonds. The van der Waals surface area contributed by atoms with Crippen molar-refractivity contribution >= 4 is 22.4 Å². The quantitative estimate of drug-likeness (QED) is 0.413. The fourth-order valence-corrected chi connectivity index (χ4v) is 3.99. The van der Waals surface area contributed by atoms with Gasteiger partial charge in [0.2, 0.25) is 0 Å². The topological polar surface area (TPSA) is 71.4 Å². The number of imidazole rings is 1. The van der Waals surface area contributed by atoms with Crippen LogP contribution in [0, 0.1) is 13.8 Å². The molecule has 6 heteroatoms. The highest BCUT2D eigenvalue weighted by Crippen LogP contribution is 2.30. The van der Waals surface area contributed by atoms with Crippen LogP contribution in [0.1, 0.15) is 16.7 Å². The van der Waals surface area contributed by atoms with Crippen molar-refractivity contribution in [3.05, 3.63) is 93.9 Å². The number of methoxy groups -OCH3 is 1. The SMILES string of the molecule is COc1ccc(CNc2c(-c3cc4cc(C)ccc4[nH]c3=O)nc3c(C)cccn23)cc1. The molecule has 0 saturated heterocycles. The van der Waals surface area contributed by atoms with E-state index < -0.39 is 0 Å². The van der Waals surface area contributed by atoms with Crippen LogP contribution >= 0.6 is 0 Å². The number of aromatic amines is 1. The minimum Gasteiger partial charge on any atom is -0.497 e. The van der Waals surface area contributed by atoms with Crippen LogP contribution in [-0.4, -0.2) is 21.5 Å². The van der Waals surface area contributed by atoms with Gasteiger partial charge in [0.1, 0.15) is 22.9 Å². The Morgan fingerprint density at radius 1 is 1.06 bits per heavy atom. The molecule has 0 saturated carbocycles. The lowest BCUT2D eigenvalue weighted by Crippen LogP contribution is -2.11. The summed E-state index contributed by atoms with van der Waals surface area (Å²) < 4.78 is 7.26. The molecule has 5 rings (SSSR count). The molecule has 0 atom stereocenters. The van der Waals surface area contributed by atoms with Crippen molar-refractivity contribution in [3.8, 4) is 17.0 Å². The van der Waals surface area contributed by atoms with Crippen LogP contribution < -0.4 is 15.6 Å². The maximum absolute atomic E-state index is 13.0. The van der Waals surface area contributed by atoms with Crippen molar-refractivity contribution in [2.24, 2.45) is 0 Å². The average molecular weight is 425 g/mol. The lowest BCUT2D eigenvalue weighted by molar-refractivity contribution is 0.414. The van der Waals surface area contributed by atoms with Crippen molar-refractivity contribution in [1.82, 2.24) is 14.4 Å². The first-order chi connectivity index (χ1) is 15.5. The van der Waals surface area contributed by atoms with E-state index in [2.05, 4.69) is 16.4 Å². The number of ether oxygens (including phenoxy) is 1. The smallest absolute Gasteiger partial charge is 0.258 e. The largest absolute Gasteiger partial charge is 0.497 e. The van der Waals surface area contributed by atoms with Crippen molar-refractivity contribution in [2.45, 2.75) is 20.4 Å². The maximum Gasteiger partial charge on any atom is 0.258 e. The lowest BCUT2D eigenvalue weighted by Gasteiger charge is -2.10. The molecule has 0 aliphatic heterocycles. The number of H-pyrrole nitrogens is 1. The third kappa shape index (κ3) is 3.50. The molecular formula is C26H24N4O2. The summed E-state index contributed by atoms with van der Waals surface area (Å²) >= 11 is 0. The zero-order valence-corrected chi connectivity index (χ0v) is 18.3. The standard InChI is InChI=1S/C26H24N4O2/c1-16-6-11-22-19(13-16)14-21(26(31)28-22)23-25(30-12-4-5-17(2)24(30)29-23)27-15-18-7-9-20(32-3)10-8-18/h4-14,27H,15H2,1-3H3,(H,28,31). The molecule has 3 aromatic heterocycles. The molecule has 6 nitrogen and oxygen atoms in total. The molecule has 0 spiro atoms. The number of hydrogen-bond donors (Lipinski definition) is 2. The summed E-state index contributed by atoms with van der Waals surface area (Å²) in [5.41, 5.74) is 5.94. The van der Waals surface area contributed by atoms with Gasteiger partial charge in [-0.3, -0.25) is 9.20 Å². The van der Waals surface area contributed by atoms with E-state index in [4.69, 9.17) is 9.72 Å². The molecule has 160 valence electrons. The van der Waals surface area contributed by atoms with Crippen LogP contribution in [0.4, 0.5) is 5.82 Å². The molecule has 0 aliphatic carbocycles. The van der Waals surface area contributed by atoms with Gasteiger partial charge in [-0.25, -0.2) is 4.98 Å². The van der Waals surface area contributed by atoms with Crippen LogP contribution in [0.2, 0.25) is 0 Å². The number of nitrogens with one attached hydrogen (secondary N) is 2. The Hall–Kier alpha value is -4.06. The Labute approximate surface area is 185 Å². The van der Waals surface area contributed by atoms with E-state index in [1.165, 1.54) is 0 Å². The minimum absolute atomic E-state index is 0.157. The zero-order chi connectivity index (χ0) is 22.2. The molecule has 5 aromatic rings. The molecule has 0 radical (unpaired) electrons. The summed E-state index contributed by atoms with van der Waals surface area (Å²) in [5, 5.41) is 4.49. The minimum atomic E-state index is -0.157. The molecule has 0 aliphatic rings. The van der Waals surface area contributed by atoms with Gasteiger partial charge in [0.05, 0.1) is 12.7 Å². The van der Waals surface area contributed by atoms with Crippen LogP contribution in [0.5, 0.6) is 5.75 Å². The van der Waals surface area contributed by atoms with Gasteiger partial charge in [0, 0.05) is 18.3 Å². The summed E-state index contributed by atoms with van der Waals surface area (Å²) in [6, 6.07) is 19.8. The number of aryl methyl sites for hydroxylation is 2. The first-order valence-electron chi connectivity index (χ1n) is 10.5. The Balaban J connectivity index is 1.64. The highest BCUT2D eigenvalue weighted by Gasteiger charge is 2.18. The van der Waals surface area contributed by atoms with E-state index >= 15 is 0 Å². The fourth-order valence-electron chi connectivity index (χ4n) is 3.99. The highest BCUT2D eigenvalue weighted by molar-refractivity contribution is 5.86. The van der Waals surface area contributed by atoms with Crippen LogP contribution in [0.15, 0.2) is 71.7 Å². The van der Waals surface area contributed by atoms with E-state index in [9.17, 15) is 4.79 Å². The normalized spacial score (nSPS) is 11.2. The van der Waals surface area contributed by atoms with Gasteiger partial charge in [-0.05, 0) is 66.8 Å². The Bertz CT molecular complexity index is 1500. The Morgan fingerprint density at radius 2 is 1.88 bits per heavy atom. The molecule has 3 heterocycles. The predicted molar refractivity (Wildman–Crippen MR) is 129 cm³/mol. The third-order valence-corrected chi connectivity index (χ3v) is 5.72. The molecule has 0 fully saturated rings. The molecule has 2 aromatic carbocycles. The van der Waals surface area contributed by atoms with Gasteiger partial charge in [-0.1, -0.05) is 29.8 Å². The van der Waals surface area contributed by atoms with Crippen LogP contribution in [0.25, 0.3) is 27.8 Å². The van der Waals surface area contributed by atoms with Crippen LogP contribution in [-0.2, 0) is 6.54 Å². The Morgan fingerprint density at radius 3 is 2.66 bits per heavy atom. The van der Waals surface area contributed by atoms with E-state index in [1.807, 2.05) is 79.0 Å². The van der Waals surface area contributed by atoms with Gasteiger partial charge < -0.3 is 15.0 Å². The predicted octanol–water partition coefficient (Wildman–Crippen LogP) is 5.08. The number of fused-ring (bicyclic) bond motifs is 2. The summed E-state index contributed by atoms with van der Waals surface area (Å²) in [4.78, 5) is 20.9. The van der Waals surface area contributed by atoms with Gasteiger partial charge in [-0.2, -0.15) is 0 Å². The summed E-state index contributed by atoms with van der Waals surface area (Å²) in [6.45, 7) is 4.65. The number of aromatic nitrogens is 3. The zero-order valence-electron chi connectivity index (χ0n) is 18.3. The van der Waals surface area contributed by atoms with Gasteiger partial charge in [0.15, 0.2) is 0 Å². The van der Waals surface area contributed by atoms with Crippen LogP contribution in [0.3, 0.4) is 0 Å². The van der Waals surface area contributed by atoms with Gasteiger partial charge >= 0.3 is 0 Å². The third-order valence-electron chi connectivity index (χ3n) is 5.72. The summed E-state index contributed by atoms with van der Waals surface area (Å²) in [6.07, 6.45) is 1.97. The van der Waals surface area contributed by atoms with Gasteiger partial charge in [0.25, 0.3) is 5.56 Å². The number of hydrogen-bond acceptors (Lipinski definition) is 4. The van der Waals surface area contributed by atoms with Crippen molar-refractivity contribution < 1.29 is 4.74 Å². The number of nitrogens with zero attached hydrogens (tertiary/aromatic N) is 2. The van der Waals surface area contributed by atoms with Crippen molar-refractivity contribution in [3.63, 3.8) is 0 Å². The first-order valence-corrected chi connectivity index (χ1v) is 10.5. The van der Waals surface area contributed by atoms with E-state index in [0.717, 1.165) is 44.8 Å². The van der Waals surface area contributed by atoms with Crippen molar-refractivity contribution in [2.75, 3.05) is 12.4 Å². The van der Waals surface area contributed by atoms with E-state index in [-0.39, 0.29) is 5.56 Å². The fraction of sp³-hybridized carbons (Fsp3) is 0.154. The highest BCUT2D eigenvalue weighted by atomic mass is 16.5. The van der Waals surface area contributed by atoms with Gasteiger partial charge in [-0.15, -0.1) is 0 Å². The van der Waals surface area contributed by atoms with E-state index in [1.54, 1.807) is 7.11 Å². The number of pyridine rings is 2. The first kappa shape index (κ1) is 19.9. The summed E-state index contributed by atoms with van der Waals surface area (Å²) in [5.74, 6) is 1.61. The Kier molecular flexibility index (Phi) is 4.90. The number of benzene rings is 2.